The molecule has 136 valence electrons. The molecular weight excluding hydrogens is 300 g/mol. The highest BCUT2D eigenvalue weighted by molar-refractivity contribution is 5.40. The van der Waals surface area contributed by atoms with Gasteiger partial charge in [0, 0.05) is 0 Å². The molecule has 8 rings (SSSR count). The van der Waals surface area contributed by atoms with Crippen LogP contribution in [-0.4, -0.2) is 0 Å². The van der Waals surface area contributed by atoms with Crippen molar-refractivity contribution >= 4 is 0 Å². The Morgan fingerprint density at radius 2 is 0.520 bits per heavy atom. The normalized spacial score (nSPS) is 71.0. The summed E-state index contributed by atoms with van der Waals surface area (Å²) in [7, 11) is 0. The van der Waals surface area contributed by atoms with Crippen molar-refractivity contribution in [3.8, 4) is 0 Å². The standard InChI is InChI=1S/C25H36/c1-2-18-5-6-20-8-7-19-4-3-17(1)21-9-11-22(18)13-14-24(20)16-15-23(19,12-10-21)25(21,22)24/h17-20H,1-16H2. The zero-order valence-electron chi connectivity index (χ0n) is 16.1. The fourth-order valence-electron chi connectivity index (χ4n) is 14.0. The lowest BCUT2D eigenvalue weighted by Crippen LogP contribution is -2.58. The van der Waals surface area contributed by atoms with Crippen LogP contribution in [-0.2, 0) is 0 Å². The van der Waals surface area contributed by atoms with Gasteiger partial charge in [-0.2, -0.15) is 0 Å². The van der Waals surface area contributed by atoms with E-state index in [1.165, 1.54) is 0 Å². The fourth-order valence-corrected chi connectivity index (χ4v) is 14.0. The van der Waals surface area contributed by atoms with E-state index in [2.05, 4.69) is 0 Å². The zero-order chi connectivity index (χ0) is 16.1. The van der Waals surface area contributed by atoms with E-state index in [9.17, 15) is 0 Å². The van der Waals surface area contributed by atoms with Gasteiger partial charge in [-0.15, -0.1) is 0 Å². The smallest absolute Gasteiger partial charge is 0.00610 e. The van der Waals surface area contributed by atoms with Crippen molar-refractivity contribution in [1.29, 1.82) is 0 Å². The second-order valence-corrected chi connectivity index (χ2v) is 12.5. The minimum atomic E-state index is 0.844. The van der Waals surface area contributed by atoms with E-state index < -0.39 is 0 Å². The van der Waals surface area contributed by atoms with Gasteiger partial charge in [0.1, 0.15) is 0 Å². The lowest BCUT2D eigenvalue weighted by Gasteiger charge is -2.61. The molecule has 0 aliphatic heterocycles. The first kappa shape index (κ1) is 14.1. The maximum absolute atomic E-state index is 1.69. The maximum Gasteiger partial charge on any atom is -0.00610 e. The lowest BCUT2D eigenvalue weighted by molar-refractivity contribution is -0.151. The minimum Gasteiger partial charge on any atom is -0.0496 e. The average Bonchev–Trinajstić information content (AvgIpc) is 3.20. The molecular formula is C25H36. The van der Waals surface area contributed by atoms with Gasteiger partial charge in [0.25, 0.3) is 0 Å². The van der Waals surface area contributed by atoms with Gasteiger partial charge in [0.15, 0.2) is 0 Å². The quantitative estimate of drug-likeness (QED) is 0.460. The molecule has 8 aliphatic rings. The monoisotopic (exact) mass is 336 g/mol. The predicted octanol–water partition coefficient (Wildman–Crippen LogP) is 6.73. The van der Waals surface area contributed by atoms with Crippen molar-refractivity contribution in [3.63, 3.8) is 0 Å². The molecule has 0 nitrogen and oxygen atoms in total. The van der Waals surface area contributed by atoms with Crippen LogP contribution in [0.1, 0.15) is 103 Å². The topological polar surface area (TPSA) is 0 Å². The van der Waals surface area contributed by atoms with Crippen LogP contribution in [0.25, 0.3) is 0 Å². The number of hydrogen-bond acceptors (Lipinski definition) is 0. The Morgan fingerprint density at radius 3 is 0.720 bits per heavy atom. The van der Waals surface area contributed by atoms with Gasteiger partial charge in [-0.3, -0.25) is 0 Å². The summed E-state index contributed by atoms with van der Waals surface area (Å²) in [5.41, 5.74) is 4.24. The van der Waals surface area contributed by atoms with E-state index in [0.29, 0.717) is 0 Å². The summed E-state index contributed by atoms with van der Waals surface area (Å²) in [5, 5.41) is 0. The summed E-state index contributed by atoms with van der Waals surface area (Å²) in [6.45, 7) is 0. The number of hydrogen-bond donors (Lipinski definition) is 0. The van der Waals surface area contributed by atoms with Gasteiger partial charge >= 0.3 is 0 Å². The Balaban J connectivity index is 1.59. The molecule has 0 aromatic rings. The largest absolute Gasteiger partial charge is 0.0496 e. The molecule has 0 atom stereocenters. The van der Waals surface area contributed by atoms with E-state index >= 15 is 0 Å². The van der Waals surface area contributed by atoms with Crippen LogP contribution in [0.3, 0.4) is 0 Å². The third-order valence-electron chi connectivity index (χ3n) is 13.6. The first-order valence-electron chi connectivity index (χ1n) is 12.2. The number of rotatable bonds is 0. The average molecular weight is 337 g/mol. The van der Waals surface area contributed by atoms with Crippen LogP contribution in [0.15, 0.2) is 0 Å². The molecule has 0 saturated heterocycles. The molecule has 0 heteroatoms. The summed E-state index contributed by atoms with van der Waals surface area (Å²) in [6.07, 6.45) is 26.7. The van der Waals surface area contributed by atoms with Gasteiger partial charge in [-0.1, -0.05) is 0 Å². The Labute approximate surface area is 153 Å². The van der Waals surface area contributed by atoms with Gasteiger partial charge < -0.3 is 0 Å². The third-order valence-corrected chi connectivity index (χ3v) is 13.6. The third kappa shape index (κ3) is 0.996. The molecule has 8 aliphatic carbocycles. The molecule has 0 unspecified atom stereocenters. The molecule has 0 heterocycles. The van der Waals surface area contributed by atoms with Crippen LogP contribution in [0.2, 0.25) is 0 Å². The van der Waals surface area contributed by atoms with E-state index in [4.69, 9.17) is 0 Å². The van der Waals surface area contributed by atoms with Crippen molar-refractivity contribution < 1.29 is 0 Å². The second-order valence-electron chi connectivity index (χ2n) is 12.5. The SMILES string of the molecule is C1CC2CCC3CCC4CCC1C15CCC26CCC32CCC4(CC1)C562. The molecule has 0 amide bonds. The van der Waals surface area contributed by atoms with Crippen LogP contribution in [0, 0.1) is 50.7 Å². The highest BCUT2D eigenvalue weighted by Gasteiger charge is 2.92. The zero-order valence-corrected chi connectivity index (χ0v) is 16.1. The van der Waals surface area contributed by atoms with Gasteiger partial charge in [-0.05, 0) is 153 Å². The summed E-state index contributed by atoms with van der Waals surface area (Å²) in [6, 6.07) is 0. The van der Waals surface area contributed by atoms with Crippen molar-refractivity contribution in [2.45, 2.75) is 103 Å². The van der Waals surface area contributed by atoms with Crippen molar-refractivity contribution in [2.24, 2.45) is 50.7 Å². The molecule has 8 saturated carbocycles. The molecule has 0 radical (unpaired) electrons. The van der Waals surface area contributed by atoms with Crippen LogP contribution < -0.4 is 0 Å². The molecule has 8 fully saturated rings. The predicted molar refractivity (Wildman–Crippen MR) is 100.0 cm³/mol. The molecule has 1 spiro atoms. The summed E-state index contributed by atoms with van der Waals surface area (Å²) < 4.78 is 0. The van der Waals surface area contributed by atoms with Crippen molar-refractivity contribution in [2.75, 3.05) is 0 Å². The Bertz CT molecular complexity index is 520. The summed E-state index contributed by atoms with van der Waals surface area (Å²) in [4.78, 5) is 0. The van der Waals surface area contributed by atoms with Crippen LogP contribution in [0.5, 0.6) is 0 Å². The fraction of sp³-hybridized carbons (Fsp3) is 1.00. The molecule has 0 N–H and O–H groups in total. The summed E-state index contributed by atoms with van der Waals surface area (Å²) >= 11 is 0. The Morgan fingerprint density at radius 1 is 0.320 bits per heavy atom. The molecule has 0 aromatic heterocycles. The van der Waals surface area contributed by atoms with E-state index in [1.54, 1.807) is 103 Å². The van der Waals surface area contributed by atoms with E-state index in [1.807, 2.05) is 0 Å². The van der Waals surface area contributed by atoms with Crippen molar-refractivity contribution in [1.82, 2.24) is 0 Å². The van der Waals surface area contributed by atoms with Crippen LogP contribution in [0.4, 0.5) is 0 Å². The maximum atomic E-state index is 1.69. The highest BCUT2D eigenvalue weighted by Crippen LogP contribution is 2.99. The van der Waals surface area contributed by atoms with Crippen molar-refractivity contribution in [3.05, 3.63) is 0 Å². The first-order chi connectivity index (χ1) is 12.2. The molecule has 9 bridgehead atoms. The first-order valence-corrected chi connectivity index (χ1v) is 12.2. The van der Waals surface area contributed by atoms with Gasteiger partial charge in [-0.25, -0.2) is 0 Å². The van der Waals surface area contributed by atoms with Gasteiger partial charge in [0.05, 0.1) is 0 Å². The Hall–Kier alpha value is 0. The molecule has 0 aromatic carbocycles. The molecule has 25 heavy (non-hydrogen) atoms. The summed E-state index contributed by atoms with van der Waals surface area (Å²) in [5.74, 6) is 4.61. The minimum absolute atomic E-state index is 0.844. The Kier molecular flexibility index (Phi) is 2.12. The van der Waals surface area contributed by atoms with Crippen LogP contribution >= 0.6 is 0 Å². The highest BCUT2D eigenvalue weighted by atomic mass is 15.0. The lowest BCUT2D eigenvalue weighted by atomic mass is 9.42. The van der Waals surface area contributed by atoms with E-state index in [-0.39, 0.29) is 0 Å². The van der Waals surface area contributed by atoms with Gasteiger partial charge in [0.2, 0.25) is 0 Å². The second kappa shape index (κ2) is 3.77. The van der Waals surface area contributed by atoms with E-state index in [0.717, 1.165) is 50.7 Å².